The molecule has 0 atom stereocenters. The summed E-state index contributed by atoms with van der Waals surface area (Å²) in [6, 6.07) is 9.01. The zero-order valence-electron chi connectivity index (χ0n) is 11.5. The van der Waals surface area contributed by atoms with E-state index < -0.39 is 11.6 Å². The van der Waals surface area contributed by atoms with E-state index in [2.05, 4.69) is 5.16 Å². The van der Waals surface area contributed by atoms with Gasteiger partial charge in [0.2, 0.25) is 5.76 Å². The van der Waals surface area contributed by atoms with Crippen LogP contribution < -0.4 is 0 Å². The van der Waals surface area contributed by atoms with Gasteiger partial charge in [-0.05, 0) is 32.3 Å². The molecule has 0 saturated heterocycles. The summed E-state index contributed by atoms with van der Waals surface area (Å²) in [4.78, 5) is 10.7. The van der Waals surface area contributed by atoms with Crippen molar-refractivity contribution in [3.05, 3.63) is 41.7 Å². The predicted molar refractivity (Wildman–Crippen MR) is 73.5 cm³/mol. The fourth-order valence-electron chi connectivity index (χ4n) is 1.80. The smallest absolute Gasteiger partial charge is 0.374 e. The Bertz CT molecular complexity index is 593. The number of aromatic nitrogens is 1. The van der Waals surface area contributed by atoms with Crippen molar-refractivity contribution >= 4 is 5.97 Å². The first kappa shape index (κ1) is 14.3. The maximum absolute atomic E-state index is 10.7. The molecule has 0 radical (unpaired) electrons. The van der Waals surface area contributed by atoms with Crippen LogP contribution in [-0.4, -0.2) is 26.9 Å². The van der Waals surface area contributed by atoms with Gasteiger partial charge in [-0.15, -0.1) is 0 Å². The van der Waals surface area contributed by atoms with Gasteiger partial charge in [0, 0.05) is 11.6 Å². The van der Waals surface area contributed by atoms with Gasteiger partial charge in [0.1, 0.15) is 5.69 Å². The van der Waals surface area contributed by atoms with Crippen molar-refractivity contribution in [3.63, 3.8) is 0 Å². The fourth-order valence-corrected chi connectivity index (χ4v) is 1.80. The van der Waals surface area contributed by atoms with Crippen LogP contribution in [0.15, 0.2) is 34.9 Å². The van der Waals surface area contributed by atoms with Gasteiger partial charge in [-0.25, -0.2) is 4.79 Å². The van der Waals surface area contributed by atoms with E-state index in [0.29, 0.717) is 12.1 Å². The largest absolute Gasteiger partial charge is 0.475 e. The first-order chi connectivity index (χ1) is 9.35. The third-order valence-corrected chi connectivity index (χ3v) is 3.00. The second-order valence-electron chi connectivity index (χ2n) is 5.39. The van der Waals surface area contributed by atoms with Crippen molar-refractivity contribution < 1.29 is 19.5 Å². The zero-order valence-corrected chi connectivity index (χ0v) is 11.5. The van der Waals surface area contributed by atoms with Crippen molar-refractivity contribution in [1.29, 1.82) is 0 Å². The highest BCUT2D eigenvalue weighted by molar-refractivity contribution is 5.85. The molecule has 0 unspecified atom stereocenters. The summed E-state index contributed by atoms with van der Waals surface area (Å²) in [7, 11) is 0. The number of carbonyl (C=O) groups is 1. The van der Waals surface area contributed by atoms with Crippen LogP contribution in [0.3, 0.4) is 0 Å². The molecule has 1 aromatic heterocycles. The molecule has 5 nitrogen and oxygen atoms in total. The lowest BCUT2D eigenvalue weighted by Crippen LogP contribution is -2.19. The molecule has 0 saturated carbocycles. The molecule has 1 heterocycles. The van der Waals surface area contributed by atoms with Gasteiger partial charge in [-0.1, -0.05) is 29.4 Å². The van der Waals surface area contributed by atoms with E-state index in [1.54, 1.807) is 13.8 Å². The molecule has 0 aliphatic heterocycles. The van der Waals surface area contributed by atoms with E-state index in [1.165, 1.54) is 6.07 Å². The first-order valence-electron chi connectivity index (χ1n) is 6.37. The molecule has 20 heavy (non-hydrogen) atoms. The lowest BCUT2D eigenvalue weighted by Gasteiger charge is -2.16. The minimum atomic E-state index is -1.13. The Morgan fingerprint density at radius 2 is 1.95 bits per heavy atom. The molecule has 2 rings (SSSR count). The van der Waals surface area contributed by atoms with E-state index in [1.807, 2.05) is 24.3 Å². The van der Waals surface area contributed by atoms with Crippen molar-refractivity contribution in [2.24, 2.45) is 0 Å². The molecule has 0 amide bonds. The molecule has 0 aliphatic carbocycles. The molecule has 0 fully saturated rings. The Kier molecular flexibility index (Phi) is 3.90. The highest BCUT2D eigenvalue weighted by Crippen LogP contribution is 2.21. The molecule has 0 bridgehead atoms. The van der Waals surface area contributed by atoms with Gasteiger partial charge in [0.05, 0.1) is 5.60 Å². The lowest BCUT2D eigenvalue weighted by molar-refractivity contribution is 0.0651. The molecule has 5 heteroatoms. The van der Waals surface area contributed by atoms with Gasteiger partial charge in [0.25, 0.3) is 0 Å². The number of carboxylic acids is 1. The highest BCUT2D eigenvalue weighted by atomic mass is 16.5. The van der Waals surface area contributed by atoms with Gasteiger partial charge < -0.3 is 14.7 Å². The van der Waals surface area contributed by atoms with Crippen LogP contribution in [0.4, 0.5) is 0 Å². The third kappa shape index (κ3) is 3.68. The summed E-state index contributed by atoms with van der Waals surface area (Å²) in [6.45, 7) is 3.56. The van der Waals surface area contributed by atoms with E-state index in [-0.39, 0.29) is 5.76 Å². The van der Waals surface area contributed by atoms with Crippen LogP contribution in [0.1, 0.15) is 36.4 Å². The molecule has 106 valence electrons. The molecule has 2 N–H and O–H groups in total. The van der Waals surface area contributed by atoms with Crippen molar-refractivity contribution in [2.75, 3.05) is 0 Å². The maximum Gasteiger partial charge on any atom is 0.374 e. The highest BCUT2D eigenvalue weighted by Gasteiger charge is 2.13. The van der Waals surface area contributed by atoms with E-state index in [9.17, 15) is 9.90 Å². The van der Waals surface area contributed by atoms with E-state index in [0.717, 1.165) is 17.5 Å². The Morgan fingerprint density at radius 1 is 1.30 bits per heavy atom. The van der Waals surface area contributed by atoms with Crippen molar-refractivity contribution in [3.8, 4) is 11.3 Å². The van der Waals surface area contributed by atoms with Crippen molar-refractivity contribution in [2.45, 2.75) is 32.3 Å². The molecule has 0 spiro atoms. The number of hydrogen-bond donors (Lipinski definition) is 2. The van der Waals surface area contributed by atoms with Crippen LogP contribution in [0.25, 0.3) is 11.3 Å². The maximum atomic E-state index is 10.7. The van der Waals surface area contributed by atoms with E-state index >= 15 is 0 Å². The summed E-state index contributed by atoms with van der Waals surface area (Å²) >= 11 is 0. The first-order valence-corrected chi connectivity index (χ1v) is 6.37. The third-order valence-electron chi connectivity index (χ3n) is 3.00. The number of nitrogens with zero attached hydrogens (tertiary/aromatic N) is 1. The quantitative estimate of drug-likeness (QED) is 0.876. The summed E-state index contributed by atoms with van der Waals surface area (Å²) in [5, 5.41) is 22.2. The fraction of sp³-hybridized carbons (Fsp3) is 0.333. The SMILES string of the molecule is CC(C)(O)CCc1ccc(-c2cc(C(=O)O)on2)cc1. The number of benzene rings is 1. The standard InChI is InChI=1S/C15H17NO4/c1-15(2,19)8-7-10-3-5-11(6-4-10)12-9-13(14(17)18)20-16-12/h3-6,9,19H,7-8H2,1-2H3,(H,17,18). The van der Waals surface area contributed by atoms with Crippen LogP contribution >= 0.6 is 0 Å². The number of aliphatic hydroxyl groups is 1. The number of aryl methyl sites for hydroxylation is 1. The lowest BCUT2D eigenvalue weighted by atomic mass is 9.98. The minimum absolute atomic E-state index is 0.175. The minimum Gasteiger partial charge on any atom is -0.475 e. The second kappa shape index (κ2) is 5.46. The molecule has 1 aromatic carbocycles. The number of aromatic carboxylic acids is 1. The van der Waals surface area contributed by atoms with Crippen LogP contribution in [-0.2, 0) is 6.42 Å². The monoisotopic (exact) mass is 275 g/mol. The summed E-state index contributed by atoms with van der Waals surface area (Å²) < 4.78 is 4.72. The topological polar surface area (TPSA) is 83.6 Å². The van der Waals surface area contributed by atoms with Gasteiger partial charge in [0.15, 0.2) is 0 Å². The summed E-state index contributed by atoms with van der Waals surface area (Å²) in [5.74, 6) is -1.31. The number of hydrogen-bond acceptors (Lipinski definition) is 4. The number of carboxylic acid groups (broad SMARTS) is 1. The Labute approximate surface area is 116 Å². The normalized spacial score (nSPS) is 11.6. The van der Waals surface area contributed by atoms with Gasteiger partial charge in [-0.3, -0.25) is 0 Å². The van der Waals surface area contributed by atoms with Crippen LogP contribution in [0, 0.1) is 0 Å². The Morgan fingerprint density at radius 3 is 2.45 bits per heavy atom. The average Bonchev–Trinajstić information content (AvgIpc) is 2.86. The van der Waals surface area contributed by atoms with Crippen molar-refractivity contribution in [1.82, 2.24) is 5.16 Å². The van der Waals surface area contributed by atoms with E-state index in [4.69, 9.17) is 9.63 Å². The zero-order chi connectivity index (χ0) is 14.8. The van der Waals surface area contributed by atoms with Gasteiger partial charge in [-0.2, -0.15) is 0 Å². The second-order valence-corrected chi connectivity index (χ2v) is 5.39. The Balaban J connectivity index is 2.09. The summed E-state index contributed by atoms with van der Waals surface area (Å²) in [6.07, 6.45) is 1.46. The molecular weight excluding hydrogens is 258 g/mol. The molecule has 2 aromatic rings. The summed E-state index contributed by atoms with van der Waals surface area (Å²) in [5.41, 5.74) is 1.73. The molecular formula is C15H17NO4. The average molecular weight is 275 g/mol. The van der Waals surface area contributed by atoms with Crippen LogP contribution in [0.2, 0.25) is 0 Å². The van der Waals surface area contributed by atoms with Gasteiger partial charge >= 0.3 is 5.97 Å². The number of rotatable bonds is 5. The predicted octanol–water partition coefficient (Wildman–Crippen LogP) is 2.74. The molecule has 0 aliphatic rings. The Hall–Kier alpha value is -2.14. The van der Waals surface area contributed by atoms with Crippen LogP contribution in [0.5, 0.6) is 0 Å².